The van der Waals surface area contributed by atoms with E-state index in [1.54, 1.807) is 17.7 Å². The molecule has 3 N–H and O–H groups in total. The predicted octanol–water partition coefficient (Wildman–Crippen LogP) is 3.91. The molecule has 1 aromatic heterocycles. The Balaban J connectivity index is 1.35. The quantitative estimate of drug-likeness (QED) is 0.405. The van der Waals surface area contributed by atoms with Gasteiger partial charge in [0, 0.05) is 15.8 Å². The molecule has 0 saturated carbocycles. The topological polar surface area (TPSA) is 118 Å². The fraction of sp³-hybridized carbons (Fsp3) is 0.545. The monoisotopic (exact) mass is 527 g/mol. The lowest BCUT2D eigenvalue weighted by atomic mass is 9.96. The fourth-order valence-electron chi connectivity index (χ4n) is 3.66. The van der Waals surface area contributed by atoms with Crippen LogP contribution in [0.2, 0.25) is 0 Å². The van der Waals surface area contributed by atoms with Crippen molar-refractivity contribution in [2.24, 2.45) is 0 Å². The zero-order valence-corrected chi connectivity index (χ0v) is 22.1. The van der Waals surface area contributed by atoms with Crippen LogP contribution < -0.4 is 11.4 Å². The number of rotatable bonds is 7. The third kappa shape index (κ3) is 5.96. The summed E-state index contributed by atoms with van der Waals surface area (Å²) in [6, 6.07) is 9.75. The standard InChI is InChI=1S/C22H30N3O6PS2/c1-21(2,3)34-33-16-8-6-5-7-14(16)10-12-28-32-29-13-15-18(31-32)22(4,27)19(30-15)25-11-9-17(23)24-20(25)26/h5-9,11,15,18-19,27H,10,12-13H2,1-4H3,(H2,23,24,26)/t15-,18-,19-,22-,32?/m1/s1. The van der Waals surface area contributed by atoms with Crippen LogP contribution in [0, 0.1) is 0 Å². The van der Waals surface area contributed by atoms with Gasteiger partial charge in [-0.1, -0.05) is 60.6 Å². The smallest absolute Gasteiger partial charge is 0.351 e. The molecule has 0 bridgehead atoms. The van der Waals surface area contributed by atoms with Gasteiger partial charge in [0.25, 0.3) is 0 Å². The summed E-state index contributed by atoms with van der Waals surface area (Å²) in [5.41, 5.74) is 4.67. The number of hydrogen-bond donors (Lipinski definition) is 2. The molecule has 4 rings (SSSR count). The Hall–Kier alpha value is -1.17. The molecule has 1 aromatic carbocycles. The summed E-state index contributed by atoms with van der Waals surface area (Å²) in [6.45, 7) is 8.75. The highest BCUT2D eigenvalue weighted by atomic mass is 33.1. The molecule has 2 saturated heterocycles. The van der Waals surface area contributed by atoms with Gasteiger partial charge >= 0.3 is 14.3 Å². The maximum atomic E-state index is 12.3. The molecule has 12 heteroatoms. The minimum atomic E-state index is -1.67. The normalized spacial score (nSPS) is 29.2. The van der Waals surface area contributed by atoms with Crippen LogP contribution in [0.3, 0.4) is 0 Å². The van der Waals surface area contributed by atoms with Crippen LogP contribution in [0.4, 0.5) is 5.82 Å². The van der Waals surface area contributed by atoms with Gasteiger partial charge in [-0.3, -0.25) is 4.57 Å². The molecule has 2 aliphatic heterocycles. The van der Waals surface area contributed by atoms with Gasteiger partial charge in [-0.25, -0.2) is 4.79 Å². The first kappa shape index (κ1) is 25.9. The highest BCUT2D eigenvalue weighted by molar-refractivity contribution is 8.77. The average Bonchev–Trinajstić information content (AvgIpc) is 3.03. The van der Waals surface area contributed by atoms with Crippen molar-refractivity contribution >= 4 is 36.0 Å². The number of nitrogens with two attached hydrogens (primary N) is 1. The lowest BCUT2D eigenvalue weighted by molar-refractivity contribution is -0.0927. The Kier molecular flexibility index (Phi) is 7.96. The van der Waals surface area contributed by atoms with E-state index in [9.17, 15) is 9.90 Å². The molecule has 0 amide bonds. The van der Waals surface area contributed by atoms with E-state index < -0.39 is 38.3 Å². The van der Waals surface area contributed by atoms with Crippen LogP contribution in [-0.4, -0.2) is 50.4 Å². The number of nitrogen functional groups attached to an aromatic ring is 1. The van der Waals surface area contributed by atoms with Gasteiger partial charge in [0.2, 0.25) is 0 Å². The second-order valence-corrected chi connectivity index (χ2v) is 13.5. The molecule has 34 heavy (non-hydrogen) atoms. The third-order valence-corrected chi connectivity index (χ3v) is 9.89. The second kappa shape index (κ2) is 10.4. The molecule has 1 unspecified atom stereocenters. The molecule has 0 spiro atoms. The van der Waals surface area contributed by atoms with E-state index in [2.05, 4.69) is 37.9 Å². The first-order chi connectivity index (χ1) is 16.0. The molecule has 2 aromatic rings. The molecule has 3 heterocycles. The summed E-state index contributed by atoms with van der Waals surface area (Å²) < 4.78 is 24.9. The van der Waals surface area contributed by atoms with Gasteiger partial charge in [-0.2, -0.15) is 4.98 Å². The van der Waals surface area contributed by atoms with E-state index in [-0.39, 0.29) is 17.2 Å². The zero-order valence-electron chi connectivity index (χ0n) is 19.5. The van der Waals surface area contributed by atoms with Crippen molar-refractivity contribution in [3.63, 3.8) is 0 Å². The maximum Gasteiger partial charge on any atom is 0.351 e. The van der Waals surface area contributed by atoms with Crippen molar-refractivity contribution in [1.29, 1.82) is 0 Å². The van der Waals surface area contributed by atoms with Gasteiger partial charge < -0.3 is 29.1 Å². The van der Waals surface area contributed by atoms with Crippen LogP contribution in [0.25, 0.3) is 0 Å². The minimum absolute atomic E-state index is 0.102. The minimum Gasteiger partial charge on any atom is -0.383 e. The lowest BCUT2D eigenvalue weighted by Gasteiger charge is -2.34. The summed E-state index contributed by atoms with van der Waals surface area (Å²) in [5.74, 6) is 0.102. The third-order valence-electron chi connectivity index (χ3n) is 5.29. The summed E-state index contributed by atoms with van der Waals surface area (Å²) >= 11 is 0. The maximum absolute atomic E-state index is 12.3. The molecule has 9 nitrogen and oxygen atoms in total. The van der Waals surface area contributed by atoms with Crippen molar-refractivity contribution in [3.8, 4) is 0 Å². The molecule has 5 atom stereocenters. The van der Waals surface area contributed by atoms with Crippen LogP contribution in [-0.2, 0) is 24.7 Å². The van der Waals surface area contributed by atoms with Gasteiger partial charge in [-0.05, 0) is 31.0 Å². The number of aromatic nitrogens is 2. The van der Waals surface area contributed by atoms with E-state index in [4.69, 9.17) is 24.0 Å². The summed E-state index contributed by atoms with van der Waals surface area (Å²) in [6.07, 6.45) is -0.0818. The zero-order chi connectivity index (χ0) is 24.5. The Bertz CT molecular complexity index is 1060. The van der Waals surface area contributed by atoms with Crippen LogP contribution >= 0.6 is 30.2 Å². The number of nitrogens with zero attached hydrogens (tertiary/aromatic N) is 2. The number of benzene rings is 1. The van der Waals surface area contributed by atoms with Crippen molar-refractivity contribution in [2.75, 3.05) is 18.9 Å². The highest BCUT2D eigenvalue weighted by Crippen LogP contribution is 2.53. The van der Waals surface area contributed by atoms with Gasteiger partial charge in [0.05, 0.1) is 13.2 Å². The number of aliphatic hydroxyl groups is 1. The van der Waals surface area contributed by atoms with Crippen molar-refractivity contribution in [2.45, 2.75) is 67.8 Å². The van der Waals surface area contributed by atoms with Gasteiger partial charge in [0.1, 0.15) is 23.6 Å². The van der Waals surface area contributed by atoms with Crippen LogP contribution in [0.5, 0.6) is 0 Å². The lowest BCUT2D eigenvalue weighted by Crippen LogP contribution is -2.48. The van der Waals surface area contributed by atoms with Gasteiger partial charge in [0.15, 0.2) is 6.23 Å². The number of anilines is 1. The largest absolute Gasteiger partial charge is 0.383 e. The molecule has 2 fully saturated rings. The molecule has 2 aliphatic rings. The van der Waals surface area contributed by atoms with E-state index in [1.807, 2.05) is 22.9 Å². The summed E-state index contributed by atoms with van der Waals surface area (Å²) in [5, 5.41) is 11.2. The van der Waals surface area contributed by atoms with Crippen molar-refractivity contribution < 1.29 is 23.4 Å². The second-order valence-electron chi connectivity index (χ2n) is 9.31. The fourth-order valence-corrected chi connectivity index (χ4v) is 7.16. The SMILES string of the molecule is CC(C)(C)SSc1ccccc1CCOP1OC[C@H]2O[C@@H](n3ccc(N)nc3=O)[C@](C)(O)[C@@H]2O1. The molecule has 0 radical (unpaired) electrons. The number of ether oxygens (including phenoxy) is 1. The highest BCUT2D eigenvalue weighted by Gasteiger charge is 2.58. The molecule has 0 aliphatic carbocycles. The Morgan fingerprint density at radius 3 is 2.85 bits per heavy atom. The van der Waals surface area contributed by atoms with E-state index in [0.717, 1.165) is 0 Å². The first-order valence-corrected chi connectivity index (χ1v) is 14.2. The Labute approximate surface area is 208 Å². The predicted molar refractivity (Wildman–Crippen MR) is 134 cm³/mol. The molecular weight excluding hydrogens is 497 g/mol. The number of fused-ring (bicyclic) bond motifs is 1. The van der Waals surface area contributed by atoms with E-state index in [0.29, 0.717) is 13.0 Å². The van der Waals surface area contributed by atoms with Crippen LogP contribution in [0.15, 0.2) is 46.2 Å². The Morgan fingerprint density at radius 1 is 1.35 bits per heavy atom. The molecular formula is C22H30N3O6PS2. The van der Waals surface area contributed by atoms with E-state index >= 15 is 0 Å². The van der Waals surface area contributed by atoms with Gasteiger partial charge in [-0.15, -0.1) is 0 Å². The summed E-state index contributed by atoms with van der Waals surface area (Å²) in [4.78, 5) is 17.2. The van der Waals surface area contributed by atoms with E-state index in [1.165, 1.54) is 27.3 Å². The summed E-state index contributed by atoms with van der Waals surface area (Å²) in [7, 11) is 1.92. The average molecular weight is 528 g/mol. The van der Waals surface area contributed by atoms with Crippen molar-refractivity contribution in [3.05, 3.63) is 52.6 Å². The van der Waals surface area contributed by atoms with Crippen LogP contribution in [0.1, 0.15) is 39.5 Å². The number of hydrogen-bond acceptors (Lipinski definition) is 10. The Morgan fingerprint density at radius 2 is 2.12 bits per heavy atom. The first-order valence-electron chi connectivity index (χ1n) is 10.9. The molecule has 186 valence electrons. The van der Waals surface area contributed by atoms with Crippen molar-refractivity contribution in [1.82, 2.24) is 9.55 Å².